The summed E-state index contributed by atoms with van der Waals surface area (Å²) in [5.74, 6) is -0.691. The van der Waals surface area contributed by atoms with E-state index in [1.807, 2.05) is 18.2 Å². The Hall–Kier alpha value is -8.05. The van der Waals surface area contributed by atoms with Gasteiger partial charge in [0.25, 0.3) is 11.1 Å². The highest BCUT2D eigenvalue weighted by Crippen LogP contribution is 2.29. The fourth-order valence-electron chi connectivity index (χ4n) is 7.73. The molecule has 0 radical (unpaired) electrons. The molecule has 0 fully saturated rings. The Morgan fingerprint density at radius 1 is 0.691 bits per heavy atom. The summed E-state index contributed by atoms with van der Waals surface area (Å²) in [7, 11) is 7.90. The Labute approximate surface area is 480 Å². The number of amides is 4. The Morgan fingerprint density at radius 2 is 1.11 bits per heavy atom. The zero-order valence-corrected chi connectivity index (χ0v) is 49.2. The number of aromatic nitrogens is 4. The molecular formula is C58H76FN9O11S2. The molecule has 23 heteroatoms. The average Bonchev–Trinajstić information content (AvgIpc) is 4.12. The van der Waals surface area contributed by atoms with E-state index in [0.29, 0.717) is 43.3 Å². The molecule has 0 spiro atoms. The lowest BCUT2D eigenvalue weighted by Gasteiger charge is -2.16. The van der Waals surface area contributed by atoms with Crippen molar-refractivity contribution in [2.45, 2.75) is 97.8 Å². The van der Waals surface area contributed by atoms with Crippen molar-refractivity contribution in [2.75, 3.05) is 55.3 Å². The number of anilines is 1. The first-order valence-corrected chi connectivity index (χ1v) is 27.5. The molecule has 0 saturated heterocycles. The number of hydrogen-bond acceptors (Lipinski definition) is 15. The molecule has 2 aromatic carbocycles. The molecule has 0 bridgehead atoms. The number of nitrogens with zero attached hydrogens (tertiary/aromatic N) is 6. The highest BCUT2D eigenvalue weighted by molar-refractivity contribution is 7.19. The largest absolute Gasteiger partial charge is 0.480 e. The Morgan fingerprint density at radius 3 is 1.54 bits per heavy atom. The summed E-state index contributed by atoms with van der Waals surface area (Å²) in [5, 5.41) is 15.3. The number of alkyl halides is 1. The number of hydrogen-bond donors (Lipinski definition) is 4. The van der Waals surface area contributed by atoms with Crippen LogP contribution in [0, 0.1) is 11.8 Å². The van der Waals surface area contributed by atoms with E-state index in [1.165, 1.54) is 44.9 Å². The standard InChI is InChI=1S/C29H36N4O5S.C17H19N3OS.C11H18N2O5.CH3F/c1-19(2)16-20-10-8-13-23-27(20)39-25(30-23)18-33-15-9-11-21(28(33)36)17-24(34)22(31-29(37)38-5)12-6-7-14-26(35)32(3)4;1-11(2)9-12-5-3-7-14-16(12)22-15(19-14)10-20-8-4-6-13(18)17(20)21;1-13(2)9(14)7-5-4-6-8(10(15)16)12-11(17)18-3;1-2/h7-11,13-15,19,22H,6,12,16-18H2,1-5H3,(H,31,37);3-8,11H,9-10,18H2,1-2H3;5,7-8H,4,6H2,1-3H3,(H,12,17)(H,15,16);1H3/b14-7+;;7-5+;/t22-;;8-;/m0.0./s1/i;;;1D. The lowest BCUT2D eigenvalue weighted by atomic mass is 10.0. The maximum absolute atomic E-state index is 13.3. The van der Waals surface area contributed by atoms with Crippen molar-refractivity contribution in [1.29, 1.82) is 0 Å². The number of carboxylic acid groups (broad SMARTS) is 1. The van der Waals surface area contributed by atoms with Gasteiger partial charge in [-0.2, -0.15) is 0 Å². The van der Waals surface area contributed by atoms with Crippen LogP contribution in [-0.2, 0) is 61.0 Å². The molecule has 81 heavy (non-hydrogen) atoms. The van der Waals surface area contributed by atoms with Gasteiger partial charge in [-0.25, -0.2) is 24.4 Å². The van der Waals surface area contributed by atoms with Gasteiger partial charge in [0.05, 0.1) is 68.0 Å². The molecule has 6 aromatic rings. The van der Waals surface area contributed by atoms with E-state index in [1.54, 1.807) is 109 Å². The topological polar surface area (TPSA) is 267 Å². The number of ketones is 1. The van der Waals surface area contributed by atoms with Crippen LogP contribution in [0.4, 0.5) is 19.7 Å². The molecule has 0 saturated carbocycles. The van der Waals surface area contributed by atoms with Gasteiger partial charge in [0.1, 0.15) is 16.1 Å². The third-order valence-electron chi connectivity index (χ3n) is 11.8. The van der Waals surface area contributed by atoms with Crippen molar-refractivity contribution >= 4 is 84.5 Å². The number of alkyl carbamates (subject to hydrolysis) is 2. The van der Waals surface area contributed by atoms with Crippen molar-refractivity contribution in [3.05, 3.63) is 145 Å². The molecule has 0 unspecified atom stereocenters. The number of thiazole rings is 2. The number of carboxylic acids is 1. The molecule has 0 aliphatic heterocycles. The number of fused-ring (bicyclic) bond motifs is 2. The summed E-state index contributed by atoms with van der Waals surface area (Å²) in [6, 6.07) is 17.2. The van der Waals surface area contributed by atoms with Crippen LogP contribution in [0.3, 0.4) is 0 Å². The van der Waals surface area contributed by atoms with Crippen LogP contribution in [0.5, 0.6) is 0 Å². The summed E-state index contributed by atoms with van der Waals surface area (Å²) < 4.78 is 30.0. The first kappa shape index (κ1) is 65.5. The number of nitrogen functional groups attached to an aromatic ring is 1. The van der Waals surface area contributed by atoms with E-state index >= 15 is 0 Å². The monoisotopic (exact) mass is 1160 g/mol. The minimum atomic E-state index is -1.15. The Kier molecular flexibility index (Phi) is 27.6. The summed E-state index contributed by atoms with van der Waals surface area (Å²) >= 11 is 3.25. The smallest absolute Gasteiger partial charge is 0.407 e. The average molecular weight is 1160 g/mol. The molecule has 2 atom stereocenters. The van der Waals surface area contributed by atoms with Crippen LogP contribution >= 0.6 is 22.7 Å². The summed E-state index contributed by atoms with van der Waals surface area (Å²) in [6.45, 7) is 9.56. The number of halogens is 1. The number of benzene rings is 2. The third-order valence-corrected chi connectivity index (χ3v) is 14.0. The fourth-order valence-corrected chi connectivity index (χ4v) is 9.90. The first-order valence-electron chi connectivity index (χ1n) is 26.6. The number of ether oxygens (including phenoxy) is 2. The molecule has 5 N–H and O–H groups in total. The number of Topliss-reactive ketones (excluding diaryl/α,β-unsaturated/α-hetero) is 1. The maximum Gasteiger partial charge on any atom is 0.407 e. The van der Waals surface area contributed by atoms with Crippen LogP contribution in [0.1, 0.15) is 81.5 Å². The zero-order valence-electron chi connectivity index (χ0n) is 48.6. The van der Waals surface area contributed by atoms with Crippen LogP contribution in [-0.4, -0.2) is 131 Å². The summed E-state index contributed by atoms with van der Waals surface area (Å²) in [5.41, 5.74) is 10.4. The van der Waals surface area contributed by atoms with Crippen LogP contribution in [0.25, 0.3) is 20.4 Å². The van der Waals surface area contributed by atoms with Gasteiger partial charge in [0, 0.05) is 52.6 Å². The van der Waals surface area contributed by atoms with Crippen molar-refractivity contribution in [2.24, 2.45) is 11.8 Å². The zero-order chi connectivity index (χ0) is 61.1. The second kappa shape index (κ2) is 34.2. The number of aliphatic carboxylic acids is 1. The molecule has 0 aliphatic rings. The van der Waals surface area contributed by atoms with E-state index in [0.717, 1.165) is 45.7 Å². The normalized spacial score (nSPS) is 11.8. The first-order chi connectivity index (χ1) is 38.9. The molecule has 20 nitrogen and oxygen atoms in total. The number of allylic oxidation sites excluding steroid dienone is 2. The van der Waals surface area contributed by atoms with Crippen LogP contribution in [0.15, 0.2) is 107 Å². The molecule has 0 aliphatic carbocycles. The third kappa shape index (κ3) is 22.2. The van der Waals surface area contributed by atoms with E-state index in [-0.39, 0.29) is 53.7 Å². The van der Waals surface area contributed by atoms with Crippen molar-refractivity contribution in [3.8, 4) is 0 Å². The lowest BCUT2D eigenvalue weighted by Crippen LogP contribution is -2.42. The van der Waals surface area contributed by atoms with Crippen molar-refractivity contribution in [1.82, 2.24) is 39.5 Å². The quantitative estimate of drug-likeness (QED) is 0.0469. The predicted molar refractivity (Wildman–Crippen MR) is 317 cm³/mol. The van der Waals surface area contributed by atoms with Crippen LogP contribution < -0.4 is 27.5 Å². The summed E-state index contributed by atoms with van der Waals surface area (Å²) in [6.07, 6.45) is 10.9. The van der Waals surface area contributed by atoms with Gasteiger partial charge in [-0.05, 0) is 104 Å². The minimum Gasteiger partial charge on any atom is -0.480 e. The highest BCUT2D eigenvalue weighted by atomic mass is 32.1. The number of methoxy groups -OCH3 is 2. The van der Waals surface area contributed by atoms with E-state index in [4.69, 9.17) is 17.2 Å². The van der Waals surface area contributed by atoms with Crippen LogP contribution in [0.2, 0.25) is 0 Å². The van der Waals surface area contributed by atoms with E-state index < -0.39 is 37.4 Å². The number of pyridine rings is 2. The van der Waals surface area contributed by atoms with Gasteiger partial charge in [0.2, 0.25) is 11.8 Å². The minimum absolute atomic E-state index is 0.146. The van der Waals surface area contributed by atoms with Crippen molar-refractivity contribution < 1.29 is 49.1 Å². The second-order valence-corrected chi connectivity index (χ2v) is 21.8. The SMILES string of the molecule is CC(C)Cc1cccc2nc(Cn3cccc(N)c3=O)sc12.COC(=O)N[C@@H](CC/C=C/C(=O)N(C)C)C(=O)Cc1cccn(Cc2nc3cccc(CC(C)C)c3s2)c1=O.COC(=O)N[C@@H](CC/C=C/C(=O)N(C)C)C(=O)O.[2H]CF. The Bertz CT molecular complexity index is 3260. The van der Waals surface area contributed by atoms with E-state index in [9.17, 15) is 42.7 Å². The fraction of sp³-hybridized carbons (Fsp3) is 0.414. The molecular weight excluding hydrogens is 1080 g/mol. The number of rotatable bonds is 22. The van der Waals surface area contributed by atoms with Crippen molar-refractivity contribution in [3.63, 3.8) is 0 Å². The summed E-state index contributed by atoms with van der Waals surface area (Å²) in [4.78, 5) is 107. The molecule has 6 rings (SSSR count). The van der Waals surface area contributed by atoms with Gasteiger partial charge < -0.3 is 49.9 Å². The number of nitrogens with two attached hydrogens (primary N) is 1. The Balaban J connectivity index is 0.000000345. The van der Waals surface area contributed by atoms with Gasteiger partial charge in [0.15, 0.2) is 5.78 Å². The molecule has 438 valence electrons. The van der Waals surface area contributed by atoms with Gasteiger partial charge in [-0.1, -0.05) is 70.2 Å². The maximum atomic E-state index is 13.3. The highest BCUT2D eigenvalue weighted by Gasteiger charge is 2.23. The number of likely N-dealkylation sites (N-methyl/N-ethyl adjacent to an activating group) is 2. The number of carbonyl (C=O) groups excluding carboxylic acids is 5. The van der Waals surface area contributed by atoms with Gasteiger partial charge >= 0.3 is 18.2 Å². The van der Waals surface area contributed by atoms with Gasteiger partial charge in [-0.15, -0.1) is 22.7 Å². The number of carbonyl (C=O) groups is 6. The van der Waals surface area contributed by atoms with E-state index in [2.05, 4.69) is 71.0 Å². The lowest BCUT2D eigenvalue weighted by molar-refractivity contribution is -0.139. The number of nitrogens with one attached hydrogen (secondary N) is 2. The predicted octanol–water partition coefficient (Wildman–Crippen LogP) is 8.06. The second-order valence-electron chi connectivity index (χ2n) is 19.6. The van der Waals surface area contributed by atoms with Gasteiger partial charge in [-0.3, -0.25) is 28.4 Å². The molecule has 4 amide bonds. The molecule has 4 aromatic heterocycles. The molecule has 4 heterocycles.